The first-order valence-corrected chi connectivity index (χ1v) is 7.45. The van der Waals surface area contributed by atoms with Crippen molar-refractivity contribution < 1.29 is 4.74 Å². The van der Waals surface area contributed by atoms with E-state index in [1.54, 1.807) is 7.11 Å². The third-order valence-corrected chi connectivity index (χ3v) is 4.35. The summed E-state index contributed by atoms with van der Waals surface area (Å²) in [6, 6.07) is 14.8. The van der Waals surface area contributed by atoms with Crippen LogP contribution in [0.3, 0.4) is 0 Å². The van der Waals surface area contributed by atoms with Gasteiger partial charge in [0.25, 0.3) is 0 Å². The zero-order valence-electron chi connectivity index (χ0n) is 13.9. The normalized spacial score (nSPS) is 14.2. The standard InChI is InChI=1S/C18H23N3O/c1-19(2)17-13(9-8-12-16(17)22-5)18-20(3)14-10-6-7-11-15(14)21(18)4/h6-12,18H,1-5H3. The van der Waals surface area contributed by atoms with E-state index in [1.165, 1.54) is 16.9 Å². The highest BCUT2D eigenvalue weighted by Crippen LogP contribution is 2.47. The highest BCUT2D eigenvalue weighted by Gasteiger charge is 2.34. The van der Waals surface area contributed by atoms with Gasteiger partial charge in [-0.25, -0.2) is 0 Å². The number of para-hydroxylation sites is 3. The molecular weight excluding hydrogens is 274 g/mol. The number of hydrogen-bond donors (Lipinski definition) is 0. The molecule has 0 amide bonds. The van der Waals surface area contributed by atoms with Crippen LogP contribution in [0.2, 0.25) is 0 Å². The lowest BCUT2D eigenvalue weighted by atomic mass is 10.1. The molecule has 0 aliphatic carbocycles. The van der Waals surface area contributed by atoms with E-state index in [4.69, 9.17) is 4.74 Å². The molecule has 0 saturated carbocycles. The molecule has 0 aromatic heterocycles. The van der Waals surface area contributed by atoms with Crippen LogP contribution in [0.25, 0.3) is 0 Å². The number of hydrogen-bond acceptors (Lipinski definition) is 4. The summed E-state index contributed by atoms with van der Waals surface area (Å²) in [5.74, 6) is 0.903. The number of rotatable bonds is 3. The molecule has 1 aliphatic heterocycles. The van der Waals surface area contributed by atoms with E-state index >= 15 is 0 Å². The monoisotopic (exact) mass is 297 g/mol. The Labute approximate surface area is 132 Å². The van der Waals surface area contributed by atoms with Gasteiger partial charge in [-0.2, -0.15) is 0 Å². The number of methoxy groups -OCH3 is 1. The maximum Gasteiger partial charge on any atom is 0.142 e. The molecule has 0 spiro atoms. The van der Waals surface area contributed by atoms with Crippen LogP contribution in [0.5, 0.6) is 5.75 Å². The third kappa shape index (κ3) is 2.06. The van der Waals surface area contributed by atoms with Gasteiger partial charge >= 0.3 is 0 Å². The minimum absolute atomic E-state index is 0.157. The van der Waals surface area contributed by atoms with Crippen molar-refractivity contribution in [2.24, 2.45) is 0 Å². The van der Waals surface area contributed by atoms with Crippen molar-refractivity contribution in [1.29, 1.82) is 0 Å². The van der Waals surface area contributed by atoms with Gasteiger partial charge < -0.3 is 19.4 Å². The van der Waals surface area contributed by atoms with Gasteiger partial charge in [0, 0.05) is 33.8 Å². The minimum atomic E-state index is 0.157. The zero-order chi connectivity index (χ0) is 15.9. The Hall–Kier alpha value is -2.36. The molecule has 0 radical (unpaired) electrons. The summed E-state index contributed by atoms with van der Waals surface area (Å²) in [5.41, 5.74) is 4.87. The first-order chi connectivity index (χ1) is 10.6. The summed E-state index contributed by atoms with van der Waals surface area (Å²) in [6.45, 7) is 0. The van der Waals surface area contributed by atoms with Crippen LogP contribution in [0.1, 0.15) is 11.7 Å². The second kappa shape index (κ2) is 5.44. The van der Waals surface area contributed by atoms with Crippen molar-refractivity contribution in [2.75, 3.05) is 50.0 Å². The van der Waals surface area contributed by atoms with Crippen LogP contribution in [-0.2, 0) is 0 Å². The van der Waals surface area contributed by atoms with Gasteiger partial charge in [-0.3, -0.25) is 0 Å². The molecule has 4 nitrogen and oxygen atoms in total. The van der Waals surface area contributed by atoms with Crippen molar-refractivity contribution >= 4 is 17.1 Å². The number of ether oxygens (including phenoxy) is 1. The molecule has 0 N–H and O–H groups in total. The molecule has 3 rings (SSSR count). The maximum atomic E-state index is 5.58. The number of fused-ring (bicyclic) bond motifs is 1. The first-order valence-electron chi connectivity index (χ1n) is 7.45. The largest absolute Gasteiger partial charge is 0.495 e. The lowest BCUT2D eigenvalue weighted by Gasteiger charge is -2.32. The van der Waals surface area contributed by atoms with Gasteiger partial charge in [-0.1, -0.05) is 24.3 Å². The highest BCUT2D eigenvalue weighted by atomic mass is 16.5. The topological polar surface area (TPSA) is 19.0 Å². The Morgan fingerprint density at radius 3 is 2.00 bits per heavy atom. The van der Waals surface area contributed by atoms with Gasteiger partial charge in [0.2, 0.25) is 0 Å². The van der Waals surface area contributed by atoms with Crippen LogP contribution >= 0.6 is 0 Å². The fraction of sp³-hybridized carbons (Fsp3) is 0.333. The van der Waals surface area contributed by atoms with Gasteiger partial charge in [0.1, 0.15) is 11.9 Å². The molecule has 2 aromatic carbocycles. The second-order valence-electron chi connectivity index (χ2n) is 5.88. The summed E-state index contributed by atoms with van der Waals surface area (Å²) in [4.78, 5) is 6.76. The fourth-order valence-corrected chi connectivity index (χ4v) is 3.39. The summed E-state index contributed by atoms with van der Waals surface area (Å²) < 4.78 is 5.58. The van der Waals surface area contributed by atoms with Crippen LogP contribution in [0.4, 0.5) is 17.1 Å². The zero-order valence-corrected chi connectivity index (χ0v) is 13.9. The van der Waals surface area contributed by atoms with Crippen LogP contribution in [-0.4, -0.2) is 35.3 Å². The predicted molar refractivity (Wildman–Crippen MR) is 93.3 cm³/mol. The number of benzene rings is 2. The molecule has 22 heavy (non-hydrogen) atoms. The van der Waals surface area contributed by atoms with Crippen molar-refractivity contribution in [1.82, 2.24) is 0 Å². The van der Waals surface area contributed by atoms with Crippen LogP contribution < -0.4 is 19.4 Å². The molecule has 0 saturated heterocycles. The van der Waals surface area contributed by atoms with Gasteiger partial charge in [0.15, 0.2) is 0 Å². The maximum absolute atomic E-state index is 5.58. The van der Waals surface area contributed by atoms with Gasteiger partial charge in [-0.15, -0.1) is 0 Å². The van der Waals surface area contributed by atoms with Gasteiger partial charge in [-0.05, 0) is 18.2 Å². The number of nitrogens with zero attached hydrogens (tertiary/aromatic N) is 3. The molecular formula is C18H23N3O. The van der Waals surface area contributed by atoms with Gasteiger partial charge in [0.05, 0.1) is 24.2 Å². The van der Waals surface area contributed by atoms with E-state index in [1.807, 2.05) is 6.07 Å². The summed E-state index contributed by atoms with van der Waals surface area (Å²) in [5, 5.41) is 0. The SMILES string of the molecule is COc1cccc(C2N(C)c3ccccc3N2C)c1N(C)C. The quantitative estimate of drug-likeness (QED) is 0.865. The highest BCUT2D eigenvalue weighted by molar-refractivity contribution is 5.79. The van der Waals surface area contributed by atoms with Crippen molar-refractivity contribution in [3.05, 3.63) is 48.0 Å². The molecule has 0 unspecified atom stereocenters. The van der Waals surface area contributed by atoms with E-state index in [9.17, 15) is 0 Å². The second-order valence-corrected chi connectivity index (χ2v) is 5.88. The molecule has 116 valence electrons. The Bertz CT molecular complexity index is 655. The van der Waals surface area contributed by atoms with E-state index in [0.29, 0.717) is 0 Å². The van der Waals surface area contributed by atoms with E-state index in [-0.39, 0.29) is 6.17 Å². The fourth-order valence-electron chi connectivity index (χ4n) is 3.39. The Morgan fingerprint density at radius 1 is 0.909 bits per heavy atom. The average Bonchev–Trinajstić information content (AvgIpc) is 2.78. The van der Waals surface area contributed by atoms with Crippen molar-refractivity contribution in [2.45, 2.75) is 6.17 Å². The lowest BCUT2D eigenvalue weighted by Crippen LogP contribution is -2.32. The van der Waals surface area contributed by atoms with Crippen LogP contribution in [0, 0.1) is 0 Å². The predicted octanol–water partition coefficient (Wildman–Crippen LogP) is 3.35. The third-order valence-electron chi connectivity index (χ3n) is 4.35. The Balaban J connectivity index is 2.14. The van der Waals surface area contributed by atoms with E-state index < -0.39 is 0 Å². The van der Waals surface area contributed by atoms with E-state index in [2.05, 4.69) is 79.3 Å². The van der Waals surface area contributed by atoms with Crippen molar-refractivity contribution in [3.63, 3.8) is 0 Å². The Morgan fingerprint density at radius 2 is 1.50 bits per heavy atom. The van der Waals surface area contributed by atoms with Crippen molar-refractivity contribution in [3.8, 4) is 5.75 Å². The molecule has 0 fully saturated rings. The molecule has 1 aliphatic rings. The smallest absolute Gasteiger partial charge is 0.142 e. The van der Waals surface area contributed by atoms with E-state index in [0.717, 1.165) is 11.4 Å². The Kier molecular flexibility index (Phi) is 3.61. The molecule has 2 aromatic rings. The average molecular weight is 297 g/mol. The molecule has 0 bridgehead atoms. The van der Waals surface area contributed by atoms with Crippen LogP contribution in [0.15, 0.2) is 42.5 Å². The first kappa shape index (κ1) is 14.6. The number of anilines is 3. The summed E-state index contributed by atoms with van der Waals surface area (Å²) in [6.07, 6.45) is 0.157. The minimum Gasteiger partial charge on any atom is -0.495 e. The molecule has 4 heteroatoms. The summed E-state index contributed by atoms with van der Waals surface area (Å²) >= 11 is 0. The molecule has 0 atom stereocenters. The summed E-state index contributed by atoms with van der Waals surface area (Å²) in [7, 11) is 10.1. The molecule has 1 heterocycles. The lowest BCUT2D eigenvalue weighted by molar-refractivity contribution is 0.414.